The number of nitrogens with zero attached hydrogens (tertiary/aromatic N) is 2. The summed E-state index contributed by atoms with van der Waals surface area (Å²) in [6.07, 6.45) is -2.90. The molecule has 20 heavy (non-hydrogen) atoms. The van der Waals surface area contributed by atoms with Crippen molar-refractivity contribution in [2.45, 2.75) is 6.18 Å². The average Bonchev–Trinajstić information content (AvgIpc) is 2.87. The van der Waals surface area contributed by atoms with Crippen LogP contribution in [0.3, 0.4) is 0 Å². The summed E-state index contributed by atoms with van der Waals surface area (Å²) in [6, 6.07) is 7.49. The molecule has 0 radical (unpaired) electrons. The number of rotatable bonds is 1. The number of hydrogen-bond acceptors (Lipinski definition) is 2. The molecule has 0 saturated heterocycles. The van der Waals surface area contributed by atoms with Crippen molar-refractivity contribution in [1.29, 1.82) is 0 Å². The van der Waals surface area contributed by atoms with Gasteiger partial charge in [-0.1, -0.05) is 12.1 Å². The predicted octanol–water partition coefficient (Wildman–Crippen LogP) is 2.71. The first-order valence-electron chi connectivity index (χ1n) is 5.70. The third-order valence-corrected chi connectivity index (χ3v) is 2.87. The maximum Gasteiger partial charge on any atom is 0.416 e. The lowest BCUT2D eigenvalue weighted by Crippen LogP contribution is -2.14. The molecule has 0 bridgehead atoms. The van der Waals surface area contributed by atoms with Gasteiger partial charge in [-0.05, 0) is 12.1 Å². The lowest BCUT2D eigenvalue weighted by molar-refractivity contribution is -0.137. The first kappa shape index (κ1) is 12.5. The number of hydrogen-bond donors (Lipinski definition) is 1. The van der Waals surface area contributed by atoms with Gasteiger partial charge in [0.2, 0.25) is 0 Å². The van der Waals surface area contributed by atoms with E-state index in [1.165, 1.54) is 28.9 Å². The molecular formula is C13H8F3N3O. The maximum atomic E-state index is 12.7. The normalized spacial score (nSPS) is 11.9. The quantitative estimate of drug-likeness (QED) is 0.744. The molecular weight excluding hydrogens is 271 g/mol. The van der Waals surface area contributed by atoms with E-state index in [0.29, 0.717) is 5.65 Å². The van der Waals surface area contributed by atoms with Crippen molar-refractivity contribution in [2.24, 2.45) is 0 Å². The minimum atomic E-state index is -4.43. The number of aromatic nitrogens is 3. The van der Waals surface area contributed by atoms with Crippen LogP contribution in [0.4, 0.5) is 13.2 Å². The van der Waals surface area contributed by atoms with E-state index in [0.717, 1.165) is 12.1 Å². The first-order chi connectivity index (χ1) is 9.45. The molecule has 0 atom stereocenters. The summed E-state index contributed by atoms with van der Waals surface area (Å²) in [4.78, 5) is 15.9. The number of alkyl halides is 3. The highest BCUT2D eigenvalue weighted by molar-refractivity contribution is 5.62. The summed E-state index contributed by atoms with van der Waals surface area (Å²) in [7, 11) is 0. The second-order valence-corrected chi connectivity index (χ2v) is 4.21. The van der Waals surface area contributed by atoms with Gasteiger partial charge < -0.3 is 0 Å². The van der Waals surface area contributed by atoms with Crippen LogP contribution in [0.25, 0.3) is 16.9 Å². The molecule has 0 aliphatic heterocycles. The number of H-pyrrole nitrogens is 1. The van der Waals surface area contributed by atoms with Crippen molar-refractivity contribution in [2.75, 3.05) is 0 Å². The lowest BCUT2D eigenvalue weighted by Gasteiger charge is -2.08. The number of halogens is 3. The third kappa shape index (κ3) is 2.07. The third-order valence-electron chi connectivity index (χ3n) is 2.87. The van der Waals surface area contributed by atoms with Crippen LogP contribution >= 0.6 is 0 Å². The monoisotopic (exact) mass is 279 g/mol. The number of aromatic amines is 1. The van der Waals surface area contributed by atoms with E-state index >= 15 is 0 Å². The van der Waals surface area contributed by atoms with Crippen molar-refractivity contribution < 1.29 is 13.2 Å². The van der Waals surface area contributed by atoms with Crippen molar-refractivity contribution in [3.05, 3.63) is 58.5 Å². The SMILES string of the molecule is O=c1cc(-c2cccc(C(F)(F)F)c2)nc2cc[nH]n12. The molecule has 3 aromatic rings. The van der Waals surface area contributed by atoms with Crippen LogP contribution in [-0.4, -0.2) is 14.6 Å². The van der Waals surface area contributed by atoms with Gasteiger partial charge in [0.05, 0.1) is 11.3 Å². The first-order valence-corrected chi connectivity index (χ1v) is 5.70. The van der Waals surface area contributed by atoms with Crippen LogP contribution in [0.2, 0.25) is 0 Å². The summed E-state index contributed by atoms with van der Waals surface area (Å²) >= 11 is 0. The summed E-state index contributed by atoms with van der Waals surface area (Å²) in [5, 5.41) is 2.66. The maximum absolute atomic E-state index is 12.7. The van der Waals surface area contributed by atoms with Crippen LogP contribution in [0.15, 0.2) is 47.4 Å². The zero-order chi connectivity index (χ0) is 14.3. The Morgan fingerprint density at radius 1 is 1.15 bits per heavy atom. The Kier molecular flexibility index (Phi) is 2.63. The van der Waals surface area contributed by atoms with Crippen molar-refractivity contribution >= 4 is 5.65 Å². The van der Waals surface area contributed by atoms with Gasteiger partial charge >= 0.3 is 6.18 Å². The molecule has 0 fully saturated rings. The molecule has 1 aromatic carbocycles. The Morgan fingerprint density at radius 3 is 2.70 bits per heavy atom. The molecule has 1 N–H and O–H groups in total. The Hall–Kier alpha value is -2.57. The molecule has 7 heteroatoms. The molecule has 0 aliphatic carbocycles. The molecule has 3 rings (SSSR count). The van der Waals surface area contributed by atoms with E-state index in [1.807, 2.05) is 0 Å². The smallest absolute Gasteiger partial charge is 0.297 e. The standard InChI is InChI=1S/C13H8F3N3O/c14-13(15,16)9-3-1-2-8(6-9)10-7-12(20)19-11(18-10)4-5-17-19/h1-7,17H. The number of benzene rings is 1. The highest BCUT2D eigenvalue weighted by Gasteiger charge is 2.30. The van der Waals surface area contributed by atoms with Crippen molar-refractivity contribution in [3.63, 3.8) is 0 Å². The van der Waals surface area contributed by atoms with E-state index < -0.39 is 11.7 Å². The van der Waals surface area contributed by atoms with Gasteiger partial charge in [0.25, 0.3) is 5.56 Å². The molecule has 0 saturated carbocycles. The van der Waals surface area contributed by atoms with Gasteiger partial charge in [-0.3, -0.25) is 9.89 Å². The fourth-order valence-electron chi connectivity index (χ4n) is 1.93. The Balaban J connectivity index is 2.18. The zero-order valence-electron chi connectivity index (χ0n) is 9.98. The van der Waals surface area contributed by atoms with Crippen molar-refractivity contribution in [1.82, 2.24) is 14.6 Å². The van der Waals surface area contributed by atoms with E-state index in [4.69, 9.17) is 0 Å². The minimum Gasteiger partial charge on any atom is -0.297 e. The summed E-state index contributed by atoms with van der Waals surface area (Å²) < 4.78 is 39.2. The topological polar surface area (TPSA) is 50.2 Å². The molecule has 4 nitrogen and oxygen atoms in total. The fourth-order valence-corrected chi connectivity index (χ4v) is 1.93. The lowest BCUT2D eigenvalue weighted by atomic mass is 10.1. The Labute approximate surface area is 110 Å². The van der Waals surface area contributed by atoms with Crippen LogP contribution in [-0.2, 0) is 6.18 Å². The van der Waals surface area contributed by atoms with Gasteiger partial charge in [0.1, 0.15) is 0 Å². The second kappa shape index (κ2) is 4.22. The summed E-state index contributed by atoms with van der Waals surface area (Å²) in [5.74, 6) is 0. The molecule has 102 valence electrons. The Morgan fingerprint density at radius 2 is 1.95 bits per heavy atom. The number of fused-ring (bicyclic) bond motifs is 1. The summed E-state index contributed by atoms with van der Waals surface area (Å²) in [5.41, 5.74) is -0.343. The van der Waals surface area contributed by atoms with Crippen LogP contribution in [0, 0.1) is 0 Å². The van der Waals surface area contributed by atoms with E-state index in [1.54, 1.807) is 6.07 Å². The fraction of sp³-hybridized carbons (Fsp3) is 0.0769. The molecule has 0 spiro atoms. The van der Waals surface area contributed by atoms with E-state index in [9.17, 15) is 18.0 Å². The Bertz CT molecular complexity index is 832. The van der Waals surface area contributed by atoms with Crippen molar-refractivity contribution in [3.8, 4) is 11.3 Å². The van der Waals surface area contributed by atoms with Gasteiger partial charge in [-0.25, -0.2) is 9.50 Å². The predicted molar refractivity (Wildman–Crippen MR) is 66.3 cm³/mol. The minimum absolute atomic E-state index is 0.209. The van der Waals surface area contributed by atoms with Gasteiger partial charge in [-0.15, -0.1) is 0 Å². The highest BCUT2D eigenvalue weighted by Crippen LogP contribution is 2.31. The number of nitrogens with one attached hydrogen (secondary N) is 1. The molecule has 0 aliphatic rings. The molecule has 2 heterocycles. The largest absolute Gasteiger partial charge is 0.416 e. The van der Waals surface area contributed by atoms with Gasteiger partial charge in [-0.2, -0.15) is 13.2 Å². The van der Waals surface area contributed by atoms with Crippen LogP contribution in [0.1, 0.15) is 5.56 Å². The second-order valence-electron chi connectivity index (χ2n) is 4.21. The highest BCUT2D eigenvalue weighted by atomic mass is 19.4. The van der Waals surface area contributed by atoms with Crippen LogP contribution in [0.5, 0.6) is 0 Å². The van der Waals surface area contributed by atoms with Gasteiger partial charge in [0, 0.05) is 23.9 Å². The summed E-state index contributed by atoms with van der Waals surface area (Å²) in [6.45, 7) is 0. The van der Waals surface area contributed by atoms with E-state index in [2.05, 4.69) is 10.1 Å². The zero-order valence-corrected chi connectivity index (χ0v) is 9.98. The molecule has 0 unspecified atom stereocenters. The molecule has 2 aromatic heterocycles. The van der Waals surface area contributed by atoms with E-state index in [-0.39, 0.29) is 16.8 Å². The average molecular weight is 279 g/mol. The van der Waals surface area contributed by atoms with Gasteiger partial charge in [0.15, 0.2) is 5.65 Å². The molecule has 0 amide bonds. The van der Waals surface area contributed by atoms with Crippen LogP contribution < -0.4 is 5.56 Å².